The van der Waals surface area contributed by atoms with Gasteiger partial charge in [0.25, 0.3) is 0 Å². The molecule has 0 radical (unpaired) electrons. The van der Waals surface area contributed by atoms with Gasteiger partial charge in [-0.05, 0) is 42.2 Å². The van der Waals surface area contributed by atoms with E-state index in [2.05, 4.69) is 65.4 Å². The summed E-state index contributed by atoms with van der Waals surface area (Å²) in [6.07, 6.45) is 1.13. The number of nitrogens with zero attached hydrogens (tertiary/aromatic N) is 2. The standard InChI is InChI=1S/C22H29N3O/c1-3-18(2)19-9-11-20(12-10-19)23-22(26)17-24-13-15-25(16-14-24)21-7-5-4-6-8-21/h4-12,18H,3,13-17H2,1-2H3,(H,23,26)/t18-/m1/s1. The number of nitrogens with one attached hydrogen (secondary N) is 1. The molecular weight excluding hydrogens is 322 g/mol. The Bertz CT molecular complexity index is 691. The number of hydrogen-bond acceptors (Lipinski definition) is 3. The summed E-state index contributed by atoms with van der Waals surface area (Å²) in [5.41, 5.74) is 3.46. The molecule has 0 unspecified atom stereocenters. The van der Waals surface area contributed by atoms with Crippen molar-refractivity contribution in [2.75, 3.05) is 42.9 Å². The zero-order chi connectivity index (χ0) is 18.4. The molecule has 1 amide bonds. The minimum absolute atomic E-state index is 0.0643. The molecule has 0 bridgehead atoms. The lowest BCUT2D eigenvalue weighted by Crippen LogP contribution is -2.48. The average molecular weight is 351 g/mol. The van der Waals surface area contributed by atoms with Crippen molar-refractivity contribution in [3.05, 3.63) is 60.2 Å². The van der Waals surface area contributed by atoms with Crippen molar-refractivity contribution in [2.24, 2.45) is 0 Å². The van der Waals surface area contributed by atoms with Crippen LogP contribution in [0.2, 0.25) is 0 Å². The second kappa shape index (κ2) is 8.86. The van der Waals surface area contributed by atoms with E-state index < -0.39 is 0 Å². The van der Waals surface area contributed by atoms with Crippen LogP contribution in [0.15, 0.2) is 54.6 Å². The third-order valence-corrected chi connectivity index (χ3v) is 5.24. The zero-order valence-corrected chi connectivity index (χ0v) is 15.8. The van der Waals surface area contributed by atoms with E-state index in [9.17, 15) is 4.79 Å². The molecule has 1 fully saturated rings. The number of carbonyl (C=O) groups excluding carboxylic acids is 1. The minimum Gasteiger partial charge on any atom is -0.369 e. The van der Waals surface area contributed by atoms with Gasteiger partial charge in [-0.15, -0.1) is 0 Å². The number of rotatable bonds is 6. The van der Waals surface area contributed by atoms with Crippen LogP contribution in [0, 0.1) is 0 Å². The lowest BCUT2D eigenvalue weighted by molar-refractivity contribution is -0.117. The van der Waals surface area contributed by atoms with Gasteiger partial charge < -0.3 is 10.2 Å². The Morgan fingerprint density at radius 1 is 1.00 bits per heavy atom. The lowest BCUT2D eigenvalue weighted by atomic mass is 9.99. The molecule has 26 heavy (non-hydrogen) atoms. The van der Waals surface area contributed by atoms with Crippen molar-refractivity contribution in [1.82, 2.24) is 4.90 Å². The third-order valence-electron chi connectivity index (χ3n) is 5.24. The van der Waals surface area contributed by atoms with Gasteiger partial charge in [0.15, 0.2) is 0 Å². The summed E-state index contributed by atoms with van der Waals surface area (Å²) in [5.74, 6) is 0.620. The molecule has 1 heterocycles. The number of carbonyl (C=O) groups is 1. The monoisotopic (exact) mass is 351 g/mol. The molecule has 0 aliphatic carbocycles. The molecule has 1 N–H and O–H groups in total. The summed E-state index contributed by atoms with van der Waals surface area (Å²) in [6, 6.07) is 18.7. The molecule has 1 atom stereocenters. The smallest absolute Gasteiger partial charge is 0.238 e. The maximum atomic E-state index is 12.3. The van der Waals surface area contributed by atoms with Crippen LogP contribution in [0.1, 0.15) is 31.7 Å². The zero-order valence-electron chi connectivity index (χ0n) is 15.8. The predicted octanol–water partition coefficient (Wildman–Crippen LogP) is 3.96. The van der Waals surface area contributed by atoms with Gasteiger partial charge in [0.1, 0.15) is 0 Å². The average Bonchev–Trinajstić information content (AvgIpc) is 2.69. The largest absolute Gasteiger partial charge is 0.369 e. The first-order valence-corrected chi connectivity index (χ1v) is 9.58. The van der Waals surface area contributed by atoms with E-state index in [1.165, 1.54) is 11.3 Å². The van der Waals surface area contributed by atoms with Crippen LogP contribution in [-0.2, 0) is 4.79 Å². The lowest BCUT2D eigenvalue weighted by Gasteiger charge is -2.35. The van der Waals surface area contributed by atoms with Gasteiger partial charge in [-0.3, -0.25) is 9.69 Å². The van der Waals surface area contributed by atoms with E-state index in [1.54, 1.807) is 0 Å². The van der Waals surface area contributed by atoms with E-state index in [4.69, 9.17) is 0 Å². The number of hydrogen-bond donors (Lipinski definition) is 1. The first-order valence-electron chi connectivity index (χ1n) is 9.58. The third kappa shape index (κ3) is 4.85. The molecule has 1 aliphatic heterocycles. The highest BCUT2D eigenvalue weighted by Crippen LogP contribution is 2.20. The molecule has 0 saturated carbocycles. The SMILES string of the molecule is CC[C@@H](C)c1ccc(NC(=O)CN2CCN(c3ccccc3)CC2)cc1. The quantitative estimate of drug-likeness (QED) is 0.856. The topological polar surface area (TPSA) is 35.6 Å². The Morgan fingerprint density at radius 3 is 2.27 bits per heavy atom. The Labute approximate surface area is 156 Å². The molecule has 138 valence electrons. The van der Waals surface area contributed by atoms with E-state index in [0.29, 0.717) is 12.5 Å². The summed E-state index contributed by atoms with van der Waals surface area (Å²) in [4.78, 5) is 16.9. The van der Waals surface area contributed by atoms with Crippen LogP contribution in [-0.4, -0.2) is 43.5 Å². The minimum atomic E-state index is 0.0643. The fourth-order valence-corrected chi connectivity index (χ4v) is 3.34. The fourth-order valence-electron chi connectivity index (χ4n) is 3.34. The van der Waals surface area contributed by atoms with Crippen LogP contribution >= 0.6 is 0 Å². The molecule has 0 aromatic heterocycles. The first kappa shape index (κ1) is 18.5. The summed E-state index contributed by atoms with van der Waals surface area (Å²) in [7, 11) is 0. The van der Waals surface area contributed by atoms with Crippen molar-refractivity contribution in [1.29, 1.82) is 0 Å². The number of piperazine rings is 1. The van der Waals surface area contributed by atoms with Crippen LogP contribution < -0.4 is 10.2 Å². The number of benzene rings is 2. The van der Waals surface area contributed by atoms with Crippen molar-refractivity contribution >= 4 is 17.3 Å². The summed E-state index contributed by atoms with van der Waals surface area (Å²) in [6.45, 7) is 8.61. The van der Waals surface area contributed by atoms with Crippen molar-refractivity contribution in [2.45, 2.75) is 26.2 Å². The number of anilines is 2. The molecule has 4 nitrogen and oxygen atoms in total. The highest BCUT2D eigenvalue weighted by molar-refractivity contribution is 5.92. The van der Waals surface area contributed by atoms with Gasteiger partial charge in [-0.25, -0.2) is 0 Å². The van der Waals surface area contributed by atoms with Gasteiger partial charge in [0.2, 0.25) is 5.91 Å². The molecule has 1 aliphatic rings. The van der Waals surface area contributed by atoms with Crippen molar-refractivity contribution in [3.63, 3.8) is 0 Å². The van der Waals surface area contributed by atoms with Crippen LogP contribution in [0.3, 0.4) is 0 Å². The Balaban J connectivity index is 1.46. The molecule has 2 aromatic carbocycles. The van der Waals surface area contributed by atoms with Gasteiger partial charge in [0, 0.05) is 37.6 Å². The molecule has 2 aromatic rings. The van der Waals surface area contributed by atoms with Gasteiger partial charge >= 0.3 is 0 Å². The van der Waals surface area contributed by atoms with Gasteiger partial charge in [0.05, 0.1) is 6.54 Å². The van der Waals surface area contributed by atoms with Crippen LogP contribution in [0.25, 0.3) is 0 Å². The Morgan fingerprint density at radius 2 is 1.65 bits per heavy atom. The number of para-hydroxylation sites is 1. The predicted molar refractivity (Wildman–Crippen MR) is 109 cm³/mol. The van der Waals surface area contributed by atoms with Crippen LogP contribution in [0.5, 0.6) is 0 Å². The molecule has 0 spiro atoms. The molecule has 3 rings (SSSR count). The second-order valence-corrected chi connectivity index (χ2v) is 7.08. The van der Waals surface area contributed by atoms with Gasteiger partial charge in [-0.2, -0.15) is 0 Å². The summed E-state index contributed by atoms with van der Waals surface area (Å²) < 4.78 is 0. The van der Waals surface area contributed by atoms with E-state index >= 15 is 0 Å². The molecular formula is C22H29N3O. The summed E-state index contributed by atoms with van der Waals surface area (Å²) in [5, 5.41) is 3.02. The van der Waals surface area contributed by atoms with E-state index in [-0.39, 0.29) is 5.91 Å². The van der Waals surface area contributed by atoms with Crippen molar-refractivity contribution < 1.29 is 4.79 Å². The second-order valence-electron chi connectivity index (χ2n) is 7.08. The Kier molecular flexibility index (Phi) is 6.29. The molecule has 4 heteroatoms. The fraction of sp³-hybridized carbons (Fsp3) is 0.409. The maximum absolute atomic E-state index is 12.3. The molecule has 1 saturated heterocycles. The normalized spacial score (nSPS) is 16.3. The highest BCUT2D eigenvalue weighted by atomic mass is 16.2. The maximum Gasteiger partial charge on any atom is 0.238 e. The van der Waals surface area contributed by atoms with Crippen LogP contribution in [0.4, 0.5) is 11.4 Å². The number of amides is 1. The highest BCUT2D eigenvalue weighted by Gasteiger charge is 2.19. The van der Waals surface area contributed by atoms with Crippen molar-refractivity contribution in [3.8, 4) is 0 Å². The van der Waals surface area contributed by atoms with Gasteiger partial charge in [-0.1, -0.05) is 44.2 Å². The Hall–Kier alpha value is -2.33. The first-order chi connectivity index (χ1) is 12.7. The van der Waals surface area contributed by atoms with E-state index in [1.807, 2.05) is 18.2 Å². The summed E-state index contributed by atoms with van der Waals surface area (Å²) >= 11 is 0. The van der Waals surface area contributed by atoms with E-state index in [0.717, 1.165) is 38.3 Å².